The molecule has 0 radical (unpaired) electrons. The van der Waals surface area contributed by atoms with E-state index in [9.17, 15) is 14.4 Å². The first-order chi connectivity index (χ1) is 20.3. The number of carbonyl (C=O) groups is 3. The summed E-state index contributed by atoms with van der Waals surface area (Å²) in [4.78, 5) is 42.4. The lowest BCUT2D eigenvalue weighted by Crippen LogP contribution is -2.52. The highest BCUT2D eigenvalue weighted by Gasteiger charge is 2.33. The van der Waals surface area contributed by atoms with Crippen molar-refractivity contribution in [1.29, 1.82) is 0 Å². The number of methoxy groups -OCH3 is 2. The number of nitrogens with zero attached hydrogens (tertiary/aromatic N) is 1. The molecular formula is C34H39N3O5. The van der Waals surface area contributed by atoms with Gasteiger partial charge in [0.25, 0.3) is 5.91 Å². The van der Waals surface area contributed by atoms with Crippen LogP contribution in [0.4, 0.5) is 5.69 Å². The van der Waals surface area contributed by atoms with Crippen LogP contribution in [-0.2, 0) is 25.5 Å². The molecule has 1 aliphatic heterocycles. The predicted molar refractivity (Wildman–Crippen MR) is 164 cm³/mol. The van der Waals surface area contributed by atoms with E-state index in [0.717, 1.165) is 11.1 Å². The van der Waals surface area contributed by atoms with Gasteiger partial charge in [-0.05, 0) is 41.3 Å². The van der Waals surface area contributed by atoms with Gasteiger partial charge in [-0.2, -0.15) is 0 Å². The van der Waals surface area contributed by atoms with Crippen LogP contribution >= 0.6 is 0 Å². The normalized spacial score (nSPS) is 20.8. The maximum Gasteiger partial charge on any atom is 0.255 e. The third kappa shape index (κ3) is 7.93. The maximum atomic E-state index is 14.2. The average Bonchev–Trinajstić information content (AvgIpc) is 2.99. The van der Waals surface area contributed by atoms with Crippen molar-refractivity contribution < 1.29 is 23.9 Å². The van der Waals surface area contributed by atoms with Gasteiger partial charge in [-0.15, -0.1) is 0 Å². The van der Waals surface area contributed by atoms with Crippen LogP contribution in [0.2, 0.25) is 0 Å². The van der Waals surface area contributed by atoms with Crippen LogP contribution in [0.1, 0.15) is 47.0 Å². The van der Waals surface area contributed by atoms with Crippen molar-refractivity contribution in [2.24, 2.45) is 5.92 Å². The summed E-state index contributed by atoms with van der Waals surface area (Å²) in [6, 6.07) is 23.2. The van der Waals surface area contributed by atoms with Crippen molar-refractivity contribution in [3.63, 3.8) is 0 Å². The van der Waals surface area contributed by atoms with Crippen molar-refractivity contribution in [2.45, 2.75) is 38.5 Å². The Balaban J connectivity index is 1.81. The summed E-state index contributed by atoms with van der Waals surface area (Å²) in [5.41, 5.74) is 3.36. The van der Waals surface area contributed by atoms with Gasteiger partial charge < -0.3 is 25.0 Å². The second-order valence-corrected chi connectivity index (χ2v) is 10.8. The molecule has 0 aromatic heterocycles. The molecule has 2 bridgehead atoms. The Morgan fingerprint density at radius 1 is 0.881 bits per heavy atom. The average molecular weight is 570 g/mol. The van der Waals surface area contributed by atoms with E-state index in [0.29, 0.717) is 29.8 Å². The molecule has 220 valence electrons. The lowest BCUT2D eigenvalue weighted by atomic mass is 9.99. The minimum atomic E-state index is -0.806. The number of anilines is 1. The standard InChI is InChI=1S/C34H39N3O5/c1-23(2)21-37-22-30(41-3)32(42-4)27-15-8-9-16-28(27)36-33(39)26-14-10-13-25(19-26)17-18-31(38)35-29(34(37)40)20-24-11-6-5-7-12-24/h5-19,23,29-30,32H,20-22H2,1-4H3,(H,35,38)(H,36,39)/b18-17+/t29-,30+,32+/m0/s1. The quantitative estimate of drug-likeness (QED) is 0.441. The van der Waals surface area contributed by atoms with Crippen molar-refractivity contribution >= 4 is 29.5 Å². The molecule has 3 atom stereocenters. The number of carbonyl (C=O) groups excluding carboxylic acids is 3. The number of ether oxygens (including phenoxy) is 2. The summed E-state index contributed by atoms with van der Waals surface area (Å²) in [7, 11) is 3.16. The molecule has 0 aliphatic carbocycles. The molecule has 2 N–H and O–H groups in total. The first kappa shape index (κ1) is 30.7. The van der Waals surface area contributed by atoms with Crippen molar-refractivity contribution in [3.8, 4) is 0 Å². The van der Waals surface area contributed by atoms with Crippen molar-refractivity contribution in [1.82, 2.24) is 10.2 Å². The molecule has 0 spiro atoms. The van der Waals surface area contributed by atoms with Crippen LogP contribution in [-0.4, -0.2) is 62.1 Å². The van der Waals surface area contributed by atoms with Crippen molar-refractivity contribution in [2.75, 3.05) is 32.6 Å². The summed E-state index contributed by atoms with van der Waals surface area (Å²) >= 11 is 0. The SMILES string of the molecule is CO[C@@H]1c2ccccc2NC(=O)c2cccc(c2)/C=C/C(=O)N[C@@H](Cc2ccccc2)C(=O)N(CC(C)C)C[C@H]1OC. The van der Waals surface area contributed by atoms with E-state index < -0.39 is 24.2 Å². The van der Waals surface area contributed by atoms with E-state index in [2.05, 4.69) is 10.6 Å². The van der Waals surface area contributed by atoms with Crippen LogP contribution in [0.3, 0.4) is 0 Å². The molecule has 0 saturated heterocycles. The van der Waals surface area contributed by atoms with Crippen LogP contribution < -0.4 is 10.6 Å². The van der Waals surface area contributed by atoms with E-state index in [4.69, 9.17) is 9.47 Å². The van der Waals surface area contributed by atoms with Gasteiger partial charge in [-0.3, -0.25) is 14.4 Å². The summed E-state index contributed by atoms with van der Waals surface area (Å²) in [5, 5.41) is 5.94. The first-order valence-corrected chi connectivity index (χ1v) is 14.2. The molecule has 0 fully saturated rings. The van der Waals surface area contributed by atoms with Gasteiger partial charge >= 0.3 is 0 Å². The molecule has 4 rings (SSSR count). The summed E-state index contributed by atoms with van der Waals surface area (Å²) in [6.07, 6.45) is 2.19. The second-order valence-electron chi connectivity index (χ2n) is 10.8. The molecule has 42 heavy (non-hydrogen) atoms. The first-order valence-electron chi connectivity index (χ1n) is 14.2. The molecular weight excluding hydrogens is 530 g/mol. The number of nitrogens with one attached hydrogen (secondary N) is 2. The molecule has 8 heteroatoms. The monoisotopic (exact) mass is 569 g/mol. The van der Waals surface area contributed by atoms with Gasteiger partial charge in [0, 0.05) is 56.6 Å². The fourth-order valence-corrected chi connectivity index (χ4v) is 5.18. The zero-order valence-electron chi connectivity index (χ0n) is 24.6. The Morgan fingerprint density at radius 3 is 2.33 bits per heavy atom. The largest absolute Gasteiger partial charge is 0.377 e. The number of rotatable bonds is 6. The van der Waals surface area contributed by atoms with Crippen LogP contribution in [0.15, 0.2) is 84.9 Å². The van der Waals surface area contributed by atoms with E-state index >= 15 is 0 Å². The molecule has 3 aromatic carbocycles. The fourth-order valence-electron chi connectivity index (χ4n) is 5.18. The number of benzene rings is 3. The van der Waals surface area contributed by atoms with E-state index in [1.165, 1.54) is 6.08 Å². The summed E-state index contributed by atoms with van der Waals surface area (Å²) in [5.74, 6) is -0.750. The van der Waals surface area contributed by atoms with Crippen molar-refractivity contribution in [3.05, 3.63) is 107 Å². The van der Waals surface area contributed by atoms with Gasteiger partial charge in [0.15, 0.2) is 0 Å². The molecule has 3 aromatic rings. The highest BCUT2D eigenvalue weighted by Crippen LogP contribution is 2.30. The Bertz CT molecular complexity index is 1410. The van der Waals surface area contributed by atoms with E-state index in [1.54, 1.807) is 43.4 Å². The van der Waals surface area contributed by atoms with Gasteiger partial charge in [-0.1, -0.05) is 74.5 Å². The number of amides is 3. The second kappa shape index (κ2) is 14.6. The Kier molecular flexibility index (Phi) is 10.6. The zero-order valence-corrected chi connectivity index (χ0v) is 24.6. The molecule has 0 saturated carbocycles. The Hall–Kier alpha value is -4.27. The highest BCUT2D eigenvalue weighted by molar-refractivity contribution is 6.05. The maximum absolute atomic E-state index is 14.2. The molecule has 1 heterocycles. The lowest BCUT2D eigenvalue weighted by molar-refractivity contribution is -0.139. The topological polar surface area (TPSA) is 97.0 Å². The van der Waals surface area contributed by atoms with E-state index in [-0.39, 0.29) is 24.3 Å². The Labute approximate surface area is 247 Å². The molecule has 1 aliphatic rings. The predicted octanol–water partition coefficient (Wildman–Crippen LogP) is 4.88. The smallest absolute Gasteiger partial charge is 0.255 e. The number of hydrogen-bond donors (Lipinski definition) is 2. The highest BCUT2D eigenvalue weighted by atomic mass is 16.5. The molecule has 0 unspecified atom stereocenters. The number of para-hydroxylation sites is 1. The summed E-state index contributed by atoms with van der Waals surface area (Å²) in [6.45, 7) is 4.75. The minimum absolute atomic E-state index is 0.160. The van der Waals surface area contributed by atoms with Gasteiger partial charge in [-0.25, -0.2) is 0 Å². The van der Waals surface area contributed by atoms with Crippen LogP contribution in [0, 0.1) is 5.92 Å². The number of hydrogen-bond acceptors (Lipinski definition) is 5. The van der Waals surface area contributed by atoms with E-state index in [1.807, 2.05) is 74.5 Å². The van der Waals surface area contributed by atoms with Gasteiger partial charge in [0.2, 0.25) is 11.8 Å². The summed E-state index contributed by atoms with van der Waals surface area (Å²) < 4.78 is 11.9. The minimum Gasteiger partial charge on any atom is -0.377 e. The molecule has 8 nitrogen and oxygen atoms in total. The third-order valence-electron chi connectivity index (χ3n) is 7.18. The lowest BCUT2D eigenvalue weighted by Gasteiger charge is -2.35. The number of fused-ring (bicyclic) bond motifs is 3. The molecule has 3 amide bonds. The van der Waals surface area contributed by atoms with Gasteiger partial charge in [0.05, 0.1) is 0 Å². The van der Waals surface area contributed by atoms with Gasteiger partial charge in [0.1, 0.15) is 18.2 Å². The fraction of sp³-hybridized carbons (Fsp3) is 0.324. The van der Waals surface area contributed by atoms with Crippen LogP contribution in [0.5, 0.6) is 0 Å². The Morgan fingerprint density at radius 2 is 1.62 bits per heavy atom. The van der Waals surface area contributed by atoms with Crippen LogP contribution in [0.25, 0.3) is 6.08 Å². The third-order valence-corrected chi connectivity index (χ3v) is 7.18. The zero-order chi connectivity index (χ0) is 30.1.